The van der Waals surface area contributed by atoms with Gasteiger partial charge in [0.15, 0.2) is 0 Å². The quantitative estimate of drug-likeness (QED) is 0.387. The van der Waals surface area contributed by atoms with Crippen LogP contribution < -0.4 is 0 Å². The van der Waals surface area contributed by atoms with Crippen molar-refractivity contribution in [2.24, 2.45) is 0 Å². The number of allylic oxidation sites excluding steroid dienone is 4. The van der Waals surface area contributed by atoms with Gasteiger partial charge in [0.25, 0.3) is 0 Å². The first-order valence-electron chi connectivity index (χ1n) is 5.55. The van der Waals surface area contributed by atoms with Crippen molar-refractivity contribution in [3.8, 4) is 0 Å². The zero-order chi connectivity index (χ0) is 9.94. The molecule has 0 aliphatic rings. The molecule has 76 valence electrons. The van der Waals surface area contributed by atoms with Gasteiger partial charge in [0.05, 0.1) is 0 Å². The first kappa shape index (κ1) is 12.5. The Kier molecular flexibility index (Phi) is 9.18. The Balaban J connectivity index is 3.17. The molecule has 0 fully saturated rings. The molecule has 0 heteroatoms. The lowest BCUT2D eigenvalue weighted by atomic mass is 10.1. The molecule has 0 aliphatic heterocycles. The second-order valence-corrected chi connectivity index (χ2v) is 3.83. The van der Waals surface area contributed by atoms with E-state index < -0.39 is 0 Å². The van der Waals surface area contributed by atoms with Crippen molar-refractivity contribution in [2.45, 2.75) is 59.3 Å². The van der Waals surface area contributed by atoms with E-state index in [1.165, 1.54) is 44.1 Å². The monoisotopic (exact) mass is 180 g/mol. The van der Waals surface area contributed by atoms with Crippen LogP contribution in [0.25, 0.3) is 0 Å². The molecule has 0 heterocycles. The fourth-order valence-electron chi connectivity index (χ4n) is 1.22. The van der Waals surface area contributed by atoms with E-state index in [9.17, 15) is 0 Å². The predicted octanol–water partition coefficient (Wildman–Crippen LogP) is 4.87. The van der Waals surface area contributed by atoms with Gasteiger partial charge in [-0.25, -0.2) is 0 Å². The number of hydrogen-bond donors (Lipinski definition) is 0. The molecule has 0 aromatic carbocycles. The maximum atomic E-state index is 2.33. The average molecular weight is 180 g/mol. The van der Waals surface area contributed by atoms with E-state index in [4.69, 9.17) is 0 Å². The van der Waals surface area contributed by atoms with E-state index in [0.29, 0.717) is 0 Å². The SMILES string of the molecule is CCCCCC=CCCC=C(C)C. The minimum absolute atomic E-state index is 1.20. The van der Waals surface area contributed by atoms with E-state index in [1.54, 1.807) is 0 Å². The molecule has 0 unspecified atom stereocenters. The minimum atomic E-state index is 1.20. The maximum absolute atomic E-state index is 2.33. The smallest absolute Gasteiger partial charge is 0.0314 e. The summed E-state index contributed by atoms with van der Waals surface area (Å²) in [7, 11) is 0. The molecule has 0 bridgehead atoms. The molecule has 13 heavy (non-hydrogen) atoms. The standard InChI is InChI=1S/C13H24/c1-4-5-6-7-8-9-10-11-12-13(2)3/h8-9,12H,4-7,10-11H2,1-3H3. The van der Waals surface area contributed by atoms with Gasteiger partial charge in [-0.1, -0.05) is 43.6 Å². The van der Waals surface area contributed by atoms with Crippen LogP contribution in [0.4, 0.5) is 0 Å². The molecule has 0 saturated carbocycles. The lowest BCUT2D eigenvalue weighted by molar-refractivity contribution is 0.728. The summed E-state index contributed by atoms with van der Waals surface area (Å²) in [5, 5.41) is 0. The highest BCUT2D eigenvalue weighted by atomic mass is 13.9. The molecular formula is C13H24. The largest absolute Gasteiger partial charge is 0.0885 e. The molecule has 0 aromatic rings. The lowest BCUT2D eigenvalue weighted by Crippen LogP contribution is -1.72. The van der Waals surface area contributed by atoms with Gasteiger partial charge < -0.3 is 0 Å². The Morgan fingerprint density at radius 1 is 0.923 bits per heavy atom. The average Bonchev–Trinajstić information content (AvgIpc) is 2.09. The van der Waals surface area contributed by atoms with Crippen molar-refractivity contribution in [2.75, 3.05) is 0 Å². The topological polar surface area (TPSA) is 0 Å². The van der Waals surface area contributed by atoms with Crippen LogP contribution in [-0.4, -0.2) is 0 Å². The third-order valence-electron chi connectivity index (χ3n) is 2.03. The predicted molar refractivity (Wildman–Crippen MR) is 61.9 cm³/mol. The van der Waals surface area contributed by atoms with Gasteiger partial charge in [-0.05, 0) is 39.5 Å². The molecular weight excluding hydrogens is 156 g/mol. The molecule has 0 rings (SSSR count). The number of unbranched alkanes of at least 4 members (excludes halogenated alkanes) is 4. The van der Waals surface area contributed by atoms with E-state index in [-0.39, 0.29) is 0 Å². The molecule has 0 radical (unpaired) electrons. The normalized spacial score (nSPS) is 10.7. The highest BCUT2D eigenvalue weighted by Gasteiger charge is 1.82. The summed E-state index contributed by atoms with van der Waals surface area (Å²) < 4.78 is 0. The summed E-state index contributed by atoms with van der Waals surface area (Å²) in [6.45, 7) is 6.56. The number of rotatable bonds is 7. The van der Waals surface area contributed by atoms with Crippen LogP contribution >= 0.6 is 0 Å². The first-order chi connectivity index (χ1) is 6.27. The summed E-state index contributed by atoms with van der Waals surface area (Å²) in [6, 6.07) is 0. The second kappa shape index (κ2) is 9.57. The first-order valence-corrected chi connectivity index (χ1v) is 5.55. The van der Waals surface area contributed by atoms with Crippen molar-refractivity contribution < 1.29 is 0 Å². The number of hydrogen-bond acceptors (Lipinski definition) is 0. The zero-order valence-corrected chi connectivity index (χ0v) is 9.47. The van der Waals surface area contributed by atoms with Gasteiger partial charge in [-0.15, -0.1) is 0 Å². The van der Waals surface area contributed by atoms with Crippen molar-refractivity contribution in [1.29, 1.82) is 0 Å². The molecule has 0 spiro atoms. The van der Waals surface area contributed by atoms with Crippen LogP contribution in [0.1, 0.15) is 59.3 Å². The minimum Gasteiger partial charge on any atom is -0.0885 e. The van der Waals surface area contributed by atoms with Crippen LogP contribution in [0.3, 0.4) is 0 Å². The summed E-state index contributed by atoms with van der Waals surface area (Å²) in [4.78, 5) is 0. The third kappa shape index (κ3) is 11.5. The highest BCUT2D eigenvalue weighted by molar-refractivity contribution is 4.94. The lowest BCUT2D eigenvalue weighted by Gasteiger charge is -1.92. The van der Waals surface area contributed by atoms with E-state index in [0.717, 1.165) is 0 Å². The summed E-state index contributed by atoms with van der Waals surface area (Å²) >= 11 is 0. The second-order valence-electron chi connectivity index (χ2n) is 3.83. The fourth-order valence-corrected chi connectivity index (χ4v) is 1.22. The van der Waals surface area contributed by atoms with E-state index in [2.05, 4.69) is 39.0 Å². The summed E-state index contributed by atoms with van der Waals surface area (Å²) in [5.41, 5.74) is 1.43. The zero-order valence-electron chi connectivity index (χ0n) is 9.47. The van der Waals surface area contributed by atoms with Gasteiger partial charge in [-0.2, -0.15) is 0 Å². The molecule has 0 N–H and O–H groups in total. The van der Waals surface area contributed by atoms with Gasteiger partial charge in [0, 0.05) is 0 Å². The third-order valence-corrected chi connectivity index (χ3v) is 2.03. The van der Waals surface area contributed by atoms with Crippen molar-refractivity contribution in [3.05, 3.63) is 23.8 Å². The van der Waals surface area contributed by atoms with Crippen LogP contribution in [0.2, 0.25) is 0 Å². The van der Waals surface area contributed by atoms with Crippen LogP contribution in [-0.2, 0) is 0 Å². The molecule has 0 aromatic heterocycles. The van der Waals surface area contributed by atoms with Gasteiger partial charge in [0.1, 0.15) is 0 Å². The van der Waals surface area contributed by atoms with Crippen molar-refractivity contribution in [1.82, 2.24) is 0 Å². The maximum Gasteiger partial charge on any atom is -0.0314 e. The van der Waals surface area contributed by atoms with E-state index in [1.807, 2.05) is 0 Å². The van der Waals surface area contributed by atoms with E-state index >= 15 is 0 Å². The summed E-state index contributed by atoms with van der Waals surface area (Å²) in [5.74, 6) is 0. The van der Waals surface area contributed by atoms with Gasteiger partial charge >= 0.3 is 0 Å². The van der Waals surface area contributed by atoms with Crippen LogP contribution in [0.5, 0.6) is 0 Å². The molecule has 0 nitrogen and oxygen atoms in total. The van der Waals surface area contributed by atoms with Crippen LogP contribution in [0.15, 0.2) is 23.8 Å². The Bertz CT molecular complexity index is 147. The molecule has 0 atom stereocenters. The molecule has 0 saturated heterocycles. The highest BCUT2D eigenvalue weighted by Crippen LogP contribution is 2.02. The Labute approximate surface area is 83.7 Å². The Hall–Kier alpha value is -0.520. The van der Waals surface area contributed by atoms with Crippen molar-refractivity contribution >= 4 is 0 Å². The summed E-state index contributed by atoms with van der Waals surface area (Å²) in [6.07, 6.45) is 14.7. The Morgan fingerprint density at radius 3 is 2.23 bits per heavy atom. The van der Waals surface area contributed by atoms with Gasteiger partial charge in [-0.3, -0.25) is 0 Å². The van der Waals surface area contributed by atoms with Crippen molar-refractivity contribution in [3.63, 3.8) is 0 Å². The fraction of sp³-hybridized carbons (Fsp3) is 0.692. The Morgan fingerprint density at radius 2 is 1.62 bits per heavy atom. The van der Waals surface area contributed by atoms with Crippen LogP contribution in [0, 0.1) is 0 Å². The molecule has 0 aliphatic carbocycles. The molecule has 0 amide bonds. The van der Waals surface area contributed by atoms with Gasteiger partial charge in [0.2, 0.25) is 0 Å².